The summed E-state index contributed by atoms with van der Waals surface area (Å²) in [6.07, 6.45) is 2.96. The first kappa shape index (κ1) is 16.3. The van der Waals surface area contributed by atoms with Gasteiger partial charge in [-0.2, -0.15) is 0 Å². The summed E-state index contributed by atoms with van der Waals surface area (Å²) in [6.45, 7) is 1.26. The van der Waals surface area contributed by atoms with Gasteiger partial charge in [0.15, 0.2) is 0 Å². The molecule has 1 aromatic carbocycles. The van der Waals surface area contributed by atoms with Crippen molar-refractivity contribution in [1.82, 2.24) is 5.32 Å². The Labute approximate surface area is 137 Å². The van der Waals surface area contributed by atoms with Gasteiger partial charge >= 0.3 is 0 Å². The fourth-order valence-corrected chi connectivity index (χ4v) is 3.35. The van der Waals surface area contributed by atoms with Crippen LogP contribution in [0.3, 0.4) is 0 Å². The third kappa shape index (κ3) is 3.85. The summed E-state index contributed by atoms with van der Waals surface area (Å²) in [7, 11) is 3.40. The number of ether oxygens (including phenoxy) is 3. The van der Waals surface area contributed by atoms with Crippen molar-refractivity contribution in [1.29, 1.82) is 0 Å². The average molecular weight is 319 g/mol. The van der Waals surface area contributed by atoms with Crippen LogP contribution in [0.15, 0.2) is 24.3 Å². The van der Waals surface area contributed by atoms with Gasteiger partial charge in [-0.15, -0.1) is 0 Å². The van der Waals surface area contributed by atoms with Crippen LogP contribution in [0.5, 0.6) is 5.75 Å². The van der Waals surface area contributed by atoms with E-state index in [9.17, 15) is 4.79 Å². The zero-order chi connectivity index (χ0) is 16.2. The molecule has 0 aromatic heterocycles. The zero-order valence-corrected chi connectivity index (χ0v) is 13.8. The molecule has 23 heavy (non-hydrogen) atoms. The normalized spacial score (nSPS) is 29.8. The van der Waals surface area contributed by atoms with Crippen molar-refractivity contribution in [3.63, 3.8) is 0 Å². The van der Waals surface area contributed by atoms with Crippen molar-refractivity contribution >= 4 is 5.91 Å². The molecule has 1 saturated carbocycles. The number of carbonyl (C=O) groups is 1. The number of hydrogen-bond acceptors (Lipinski definition) is 4. The van der Waals surface area contributed by atoms with E-state index >= 15 is 0 Å². The highest BCUT2D eigenvalue weighted by Gasteiger charge is 2.45. The minimum absolute atomic E-state index is 0.0492. The molecule has 126 valence electrons. The van der Waals surface area contributed by atoms with Crippen molar-refractivity contribution in [2.45, 2.75) is 37.4 Å². The van der Waals surface area contributed by atoms with Crippen LogP contribution in [0.25, 0.3) is 0 Å². The highest BCUT2D eigenvalue weighted by atomic mass is 16.5. The lowest BCUT2D eigenvalue weighted by atomic mass is 10.1. The first-order valence-electron chi connectivity index (χ1n) is 8.28. The van der Waals surface area contributed by atoms with Gasteiger partial charge < -0.3 is 19.5 Å². The maximum atomic E-state index is 12.3. The molecule has 1 amide bonds. The maximum absolute atomic E-state index is 12.3. The van der Waals surface area contributed by atoms with Crippen LogP contribution in [-0.2, 0) is 14.3 Å². The molecule has 0 spiro atoms. The van der Waals surface area contributed by atoms with Crippen molar-refractivity contribution in [2.24, 2.45) is 5.92 Å². The van der Waals surface area contributed by atoms with Gasteiger partial charge in [-0.3, -0.25) is 4.79 Å². The monoisotopic (exact) mass is 319 g/mol. The van der Waals surface area contributed by atoms with Crippen LogP contribution < -0.4 is 10.1 Å². The number of nitrogens with one attached hydrogen (secondary N) is 1. The highest BCUT2D eigenvalue weighted by molar-refractivity contribution is 5.83. The molecule has 2 aliphatic rings. The molecule has 3 rings (SSSR count). The van der Waals surface area contributed by atoms with Crippen molar-refractivity contribution in [3.8, 4) is 5.75 Å². The fourth-order valence-electron chi connectivity index (χ4n) is 3.35. The van der Waals surface area contributed by atoms with E-state index in [0.717, 1.165) is 30.6 Å². The van der Waals surface area contributed by atoms with E-state index in [0.29, 0.717) is 13.2 Å². The molecule has 1 aliphatic carbocycles. The Balaban J connectivity index is 1.49. The van der Waals surface area contributed by atoms with E-state index in [-0.39, 0.29) is 30.0 Å². The number of para-hydroxylation sites is 1. The zero-order valence-electron chi connectivity index (χ0n) is 13.8. The van der Waals surface area contributed by atoms with Gasteiger partial charge in [-0.1, -0.05) is 18.2 Å². The van der Waals surface area contributed by atoms with E-state index in [1.165, 1.54) is 0 Å². The number of methoxy groups -OCH3 is 2. The van der Waals surface area contributed by atoms with Crippen LogP contribution in [-0.4, -0.2) is 45.5 Å². The van der Waals surface area contributed by atoms with Crippen LogP contribution in [0.1, 0.15) is 30.7 Å². The summed E-state index contributed by atoms with van der Waals surface area (Å²) >= 11 is 0. The lowest BCUT2D eigenvalue weighted by Crippen LogP contribution is -2.40. The second-order valence-electron chi connectivity index (χ2n) is 6.31. The van der Waals surface area contributed by atoms with E-state index < -0.39 is 0 Å². The molecule has 1 N–H and O–H groups in total. The summed E-state index contributed by atoms with van der Waals surface area (Å²) in [5.41, 5.74) is 1.13. The topological polar surface area (TPSA) is 56.8 Å². The molecule has 1 aliphatic heterocycles. The van der Waals surface area contributed by atoms with Crippen molar-refractivity contribution in [3.05, 3.63) is 29.8 Å². The SMILES string of the molecule is COc1ccccc1[C@@H]1C[C@H]1C(=O)NC[C@@H]1C[C@H](OC)CCO1. The fraction of sp³-hybridized carbons (Fsp3) is 0.611. The predicted octanol–water partition coefficient (Wildman–Crippen LogP) is 2.11. The molecule has 1 saturated heterocycles. The van der Waals surface area contributed by atoms with Gasteiger partial charge in [-0.25, -0.2) is 0 Å². The largest absolute Gasteiger partial charge is 0.496 e. The first-order valence-corrected chi connectivity index (χ1v) is 8.28. The lowest BCUT2D eigenvalue weighted by molar-refractivity contribution is -0.124. The van der Waals surface area contributed by atoms with E-state index in [1.54, 1.807) is 14.2 Å². The Kier molecular flexibility index (Phi) is 5.18. The lowest BCUT2D eigenvalue weighted by Gasteiger charge is -2.28. The summed E-state index contributed by atoms with van der Waals surface area (Å²) in [6, 6.07) is 7.94. The van der Waals surface area contributed by atoms with Crippen LogP contribution >= 0.6 is 0 Å². The summed E-state index contributed by atoms with van der Waals surface area (Å²) in [5, 5.41) is 3.04. The predicted molar refractivity (Wildman–Crippen MR) is 86.6 cm³/mol. The standard InChI is InChI=1S/C18H25NO4/c1-21-12-7-8-23-13(9-12)11-19-18(20)16-10-15(16)14-5-3-4-6-17(14)22-2/h3-6,12-13,15-16H,7-11H2,1-2H3,(H,19,20)/t12-,13+,15+,16-/m1/s1. The molecule has 2 fully saturated rings. The number of benzene rings is 1. The molecule has 5 heteroatoms. The van der Waals surface area contributed by atoms with Gasteiger partial charge in [0.1, 0.15) is 5.75 Å². The Morgan fingerprint density at radius 2 is 2.13 bits per heavy atom. The second kappa shape index (κ2) is 7.32. The summed E-state index contributed by atoms with van der Waals surface area (Å²) in [5.74, 6) is 1.30. The van der Waals surface area contributed by atoms with E-state index in [2.05, 4.69) is 5.32 Å². The van der Waals surface area contributed by atoms with Gasteiger partial charge in [0.2, 0.25) is 5.91 Å². The molecule has 1 heterocycles. The number of carbonyl (C=O) groups excluding carboxylic acids is 1. The molecule has 0 radical (unpaired) electrons. The van der Waals surface area contributed by atoms with Crippen molar-refractivity contribution < 1.29 is 19.0 Å². The minimum Gasteiger partial charge on any atom is -0.496 e. The molecule has 5 nitrogen and oxygen atoms in total. The summed E-state index contributed by atoms with van der Waals surface area (Å²) in [4.78, 5) is 12.3. The molecular weight excluding hydrogens is 294 g/mol. The molecule has 0 bridgehead atoms. The Morgan fingerprint density at radius 1 is 1.30 bits per heavy atom. The van der Waals surface area contributed by atoms with Crippen LogP contribution in [0, 0.1) is 5.92 Å². The van der Waals surface area contributed by atoms with Gasteiger partial charge in [-0.05, 0) is 30.4 Å². The van der Waals surface area contributed by atoms with E-state index in [1.807, 2.05) is 24.3 Å². The van der Waals surface area contributed by atoms with Gasteiger partial charge in [0.05, 0.1) is 19.3 Å². The molecule has 0 unspecified atom stereocenters. The van der Waals surface area contributed by atoms with Crippen LogP contribution in [0.4, 0.5) is 0 Å². The Morgan fingerprint density at radius 3 is 2.91 bits per heavy atom. The molecular formula is C18H25NO4. The van der Waals surface area contributed by atoms with Gasteiger partial charge in [0.25, 0.3) is 0 Å². The molecule has 1 aromatic rings. The molecule has 4 atom stereocenters. The third-order valence-electron chi connectivity index (χ3n) is 4.82. The number of rotatable bonds is 6. The number of amides is 1. The average Bonchev–Trinajstić information content (AvgIpc) is 3.40. The second-order valence-corrected chi connectivity index (χ2v) is 6.31. The van der Waals surface area contributed by atoms with Crippen molar-refractivity contribution in [2.75, 3.05) is 27.4 Å². The first-order chi connectivity index (χ1) is 11.2. The Hall–Kier alpha value is -1.59. The quantitative estimate of drug-likeness (QED) is 0.872. The van der Waals surface area contributed by atoms with Crippen LogP contribution in [0.2, 0.25) is 0 Å². The minimum atomic E-state index is 0.0492. The third-order valence-corrected chi connectivity index (χ3v) is 4.82. The van der Waals surface area contributed by atoms with Gasteiger partial charge in [0, 0.05) is 32.6 Å². The smallest absolute Gasteiger partial charge is 0.223 e. The highest BCUT2D eigenvalue weighted by Crippen LogP contribution is 2.50. The number of hydrogen-bond donors (Lipinski definition) is 1. The Bertz CT molecular complexity index is 548. The van der Waals surface area contributed by atoms with E-state index in [4.69, 9.17) is 14.2 Å². The maximum Gasteiger partial charge on any atom is 0.223 e. The summed E-state index contributed by atoms with van der Waals surface area (Å²) < 4.78 is 16.5.